The average molecular weight is 389 g/mol. The Bertz CT molecular complexity index is 720. The van der Waals surface area contributed by atoms with Crippen molar-refractivity contribution in [3.63, 3.8) is 0 Å². The Morgan fingerprint density at radius 3 is 2.44 bits per heavy atom. The van der Waals surface area contributed by atoms with Gasteiger partial charge >= 0.3 is 0 Å². The molecule has 1 aliphatic rings. The van der Waals surface area contributed by atoms with Gasteiger partial charge in [0.1, 0.15) is 24.9 Å². The zero-order valence-corrected chi connectivity index (χ0v) is 16.4. The molecular formula is C21H27FN3OS+. The summed E-state index contributed by atoms with van der Waals surface area (Å²) < 4.78 is 18.6. The second-order valence-electron chi connectivity index (χ2n) is 6.90. The summed E-state index contributed by atoms with van der Waals surface area (Å²) in [5, 5.41) is 7.28. The topological polar surface area (TPSA) is 37.7 Å². The summed E-state index contributed by atoms with van der Waals surface area (Å²) in [5.41, 5.74) is 2.29. The van der Waals surface area contributed by atoms with Crippen LogP contribution in [0.1, 0.15) is 24.1 Å². The lowest BCUT2D eigenvalue weighted by Gasteiger charge is -2.35. The van der Waals surface area contributed by atoms with Crippen LogP contribution >= 0.6 is 12.2 Å². The van der Waals surface area contributed by atoms with E-state index in [1.807, 2.05) is 6.07 Å². The summed E-state index contributed by atoms with van der Waals surface area (Å²) in [6.45, 7) is 6.30. The lowest BCUT2D eigenvalue weighted by atomic mass is 9.98. The van der Waals surface area contributed by atoms with Gasteiger partial charge in [-0.3, -0.25) is 0 Å². The number of hydrogen-bond acceptors (Lipinski definition) is 2. The van der Waals surface area contributed by atoms with Crippen molar-refractivity contribution in [2.24, 2.45) is 0 Å². The van der Waals surface area contributed by atoms with Gasteiger partial charge in [-0.25, -0.2) is 4.39 Å². The van der Waals surface area contributed by atoms with E-state index in [0.717, 1.165) is 31.9 Å². The van der Waals surface area contributed by atoms with Crippen LogP contribution in [0.2, 0.25) is 0 Å². The van der Waals surface area contributed by atoms with Crippen molar-refractivity contribution in [1.29, 1.82) is 0 Å². The predicted octanol–water partition coefficient (Wildman–Crippen LogP) is 1.83. The fourth-order valence-electron chi connectivity index (χ4n) is 3.61. The molecule has 0 bridgehead atoms. The SMILES string of the molecule is C[C@H](NC(=S)NCc1ccc(F)cc1)[C@H](c1ccccc1)[NH+]1CCOCC1. The fourth-order valence-corrected chi connectivity index (χ4v) is 3.87. The van der Waals surface area contributed by atoms with E-state index in [-0.39, 0.29) is 11.9 Å². The van der Waals surface area contributed by atoms with Crippen molar-refractivity contribution in [2.45, 2.75) is 25.6 Å². The molecule has 1 aliphatic heterocycles. The Balaban J connectivity index is 1.61. The minimum absolute atomic E-state index is 0.161. The number of ether oxygens (including phenoxy) is 1. The van der Waals surface area contributed by atoms with Crippen LogP contribution in [0, 0.1) is 5.82 Å². The van der Waals surface area contributed by atoms with Gasteiger partial charge < -0.3 is 20.3 Å². The maximum absolute atomic E-state index is 13.0. The van der Waals surface area contributed by atoms with Crippen LogP contribution in [0.5, 0.6) is 0 Å². The second kappa shape index (κ2) is 9.78. The summed E-state index contributed by atoms with van der Waals surface area (Å²) in [6.07, 6.45) is 0. The molecule has 0 amide bonds. The minimum atomic E-state index is -0.229. The first-order valence-electron chi connectivity index (χ1n) is 9.39. The first-order valence-corrected chi connectivity index (χ1v) is 9.80. The monoisotopic (exact) mass is 388 g/mol. The number of benzene rings is 2. The molecule has 6 heteroatoms. The van der Waals surface area contributed by atoms with E-state index in [1.54, 1.807) is 12.1 Å². The van der Waals surface area contributed by atoms with Gasteiger partial charge in [0.15, 0.2) is 5.11 Å². The van der Waals surface area contributed by atoms with Crippen molar-refractivity contribution in [3.8, 4) is 0 Å². The van der Waals surface area contributed by atoms with Crippen LogP contribution in [0.4, 0.5) is 4.39 Å². The lowest BCUT2D eigenvalue weighted by Crippen LogP contribution is -3.15. The van der Waals surface area contributed by atoms with Crippen LogP contribution in [0.3, 0.4) is 0 Å². The molecule has 1 saturated heterocycles. The maximum Gasteiger partial charge on any atom is 0.167 e. The van der Waals surface area contributed by atoms with Crippen LogP contribution < -0.4 is 15.5 Å². The smallest absolute Gasteiger partial charge is 0.167 e. The molecule has 0 aromatic heterocycles. The largest absolute Gasteiger partial charge is 0.370 e. The molecule has 0 unspecified atom stereocenters. The zero-order chi connectivity index (χ0) is 19.1. The third kappa shape index (κ3) is 5.73. The Hall–Kier alpha value is -2.02. The normalized spacial score (nSPS) is 17.1. The molecule has 0 spiro atoms. The van der Waals surface area contributed by atoms with E-state index < -0.39 is 0 Å². The van der Waals surface area contributed by atoms with Gasteiger partial charge in [-0.15, -0.1) is 0 Å². The summed E-state index contributed by atoms with van der Waals surface area (Å²) in [7, 11) is 0. The van der Waals surface area contributed by atoms with Gasteiger partial charge in [0, 0.05) is 12.1 Å². The zero-order valence-electron chi connectivity index (χ0n) is 15.6. The Kier molecular flexibility index (Phi) is 7.15. The Morgan fingerprint density at radius 2 is 1.78 bits per heavy atom. The van der Waals surface area contributed by atoms with Gasteiger partial charge in [-0.05, 0) is 36.8 Å². The maximum atomic E-state index is 13.0. The number of hydrogen-bond donors (Lipinski definition) is 3. The minimum Gasteiger partial charge on any atom is -0.370 e. The highest BCUT2D eigenvalue weighted by Gasteiger charge is 2.31. The molecule has 0 aliphatic carbocycles. The highest BCUT2D eigenvalue weighted by Crippen LogP contribution is 2.14. The summed E-state index contributed by atoms with van der Waals surface area (Å²) in [6, 6.07) is 17.5. The number of morpholine rings is 1. The van der Waals surface area contributed by atoms with E-state index >= 15 is 0 Å². The van der Waals surface area contributed by atoms with Crippen molar-refractivity contribution in [2.75, 3.05) is 26.3 Å². The molecule has 2 aromatic carbocycles. The molecule has 2 aromatic rings. The molecule has 1 fully saturated rings. The van der Waals surface area contributed by atoms with Crippen LogP contribution in [-0.4, -0.2) is 37.5 Å². The van der Waals surface area contributed by atoms with Crippen LogP contribution in [-0.2, 0) is 11.3 Å². The van der Waals surface area contributed by atoms with E-state index in [1.165, 1.54) is 22.6 Å². The molecule has 0 saturated carbocycles. The van der Waals surface area contributed by atoms with E-state index in [0.29, 0.717) is 17.7 Å². The van der Waals surface area contributed by atoms with Crippen LogP contribution in [0.25, 0.3) is 0 Å². The molecule has 4 nitrogen and oxygen atoms in total. The third-order valence-electron chi connectivity index (χ3n) is 4.96. The standard InChI is InChI=1S/C21H26FN3OS/c1-16(24-21(27)23-15-17-7-9-19(22)10-8-17)20(18-5-3-2-4-6-18)25-11-13-26-14-12-25/h2-10,16,20H,11-15H2,1H3,(H2,23,24,27)/p+1/t16-,20+/m0/s1. The van der Waals surface area contributed by atoms with Gasteiger partial charge in [-0.1, -0.05) is 42.5 Å². The van der Waals surface area contributed by atoms with Crippen LogP contribution in [0.15, 0.2) is 54.6 Å². The van der Waals surface area contributed by atoms with Crippen molar-refractivity contribution >= 4 is 17.3 Å². The van der Waals surface area contributed by atoms with Crippen molar-refractivity contribution in [3.05, 3.63) is 71.5 Å². The molecule has 2 atom stereocenters. The molecule has 3 rings (SSSR count). The summed E-state index contributed by atoms with van der Waals surface area (Å²) in [5.74, 6) is -0.229. The molecule has 3 N–H and O–H groups in total. The van der Waals surface area contributed by atoms with Crippen molar-refractivity contribution < 1.29 is 14.0 Å². The number of nitrogens with one attached hydrogen (secondary N) is 3. The number of rotatable bonds is 6. The molecular weight excluding hydrogens is 361 g/mol. The van der Waals surface area contributed by atoms with Gasteiger partial charge in [0.05, 0.1) is 19.3 Å². The quantitative estimate of drug-likeness (QED) is 0.660. The highest BCUT2D eigenvalue weighted by molar-refractivity contribution is 7.80. The number of quaternary nitrogens is 1. The average Bonchev–Trinajstić information content (AvgIpc) is 2.69. The summed E-state index contributed by atoms with van der Waals surface area (Å²) >= 11 is 5.50. The fraction of sp³-hybridized carbons (Fsp3) is 0.381. The predicted molar refractivity (Wildman–Crippen MR) is 109 cm³/mol. The summed E-state index contributed by atoms with van der Waals surface area (Å²) in [4.78, 5) is 1.51. The Morgan fingerprint density at radius 1 is 1.11 bits per heavy atom. The van der Waals surface area contributed by atoms with Gasteiger partial charge in [0.25, 0.3) is 0 Å². The molecule has 144 valence electrons. The van der Waals surface area contributed by atoms with Gasteiger partial charge in [-0.2, -0.15) is 0 Å². The number of thiocarbonyl (C=S) groups is 1. The van der Waals surface area contributed by atoms with E-state index in [2.05, 4.69) is 41.8 Å². The molecule has 0 radical (unpaired) electrons. The number of halogens is 1. The first kappa shape index (κ1) is 19.7. The van der Waals surface area contributed by atoms with E-state index in [4.69, 9.17) is 17.0 Å². The molecule has 27 heavy (non-hydrogen) atoms. The lowest BCUT2D eigenvalue weighted by molar-refractivity contribution is -0.940. The van der Waals surface area contributed by atoms with E-state index in [9.17, 15) is 4.39 Å². The Labute approximate surface area is 165 Å². The second-order valence-corrected chi connectivity index (χ2v) is 7.31. The van der Waals surface area contributed by atoms with Crippen molar-refractivity contribution in [1.82, 2.24) is 10.6 Å². The molecule has 1 heterocycles. The first-order chi connectivity index (χ1) is 13.1. The highest BCUT2D eigenvalue weighted by atomic mass is 32.1. The third-order valence-corrected chi connectivity index (χ3v) is 5.22. The van der Waals surface area contributed by atoms with Gasteiger partial charge in [0.2, 0.25) is 0 Å².